The zero-order valence-corrected chi connectivity index (χ0v) is 12.2. The highest BCUT2D eigenvalue weighted by Crippen LogP contribution is 2.15. The number of pyridine rings is 1. The van der Waals surface area contributed by atoms with Crippen LogP contribution in [0.4, 0.5) is 0 Å². The molecular weight excluding hydrogens is 246 g/mol. The summed E-state index contributed by atoms with van der Waals surface area (Å²) in [5.41, 5.74) is 2.35. The minimum atomic E-state index is 0.524. The van der Waals surface area contributed by atoms with Gasteiger partial charge in [0.2, 0.25) is 0 Å². The average molecular weight is 269 g/mol. The van der Waals surface area contributed by atoms with E-state index in [0.29, 0.717) is 6.61 Å². The largest absolute Gasteiger partial charge is 0.487 e. The predicted octanol–water partition coefficient (Wildman–Crippen LogP) is 4.78. The molecule has 2 nitrogen and oxygen atoms in total. The number of aryl methyl sites for hydroxylation is 1. The molecule has 1 heterocycles. The molecule has 0 unspecified atom stereocenters. The minimum absolute atomic E-state index is 0.524. The van der Waals surface area contributed by atoms with Crippen molar-refractivity contribution in [3.63, 3.8) is 0 Å². The fourth-order valence-corrected chi connectivity index (χ4v) is 2.15. The molecule has 2 heteroatoms. The SMILES string of the molecule is CCCCCCc1ccc(OCc2ccccn2)cc1. The van der Waals surface area contributed by atoms with Crippen LogP contribution >= 0.6 is 0 Å². The molecule has 0 aliphatic carbocycles. The standard InChI is InChI=1S/C18H23NO/c1-2-3-4-5-8-16-10-12-18(13-11-16)20-15-17-9-6-7-14-19-17/h6-7,9-14H,2-5,8,15H2,1H3. The Morgan fingerprint density at radius 1 is 0.950 bits per heavy atom. The Labute approximate surface area is 121 Å². The van der Waals surface area contributed by atoms with Crippen LogP contribution in [0, 0.1) is 0 Å². The van der Waals surface area contributed by atoms with Crippen molar-refractivity contribution in [1.29, 1.82) is 0 Å². The van der Waals surface area contributed by atoms with Crippen LogP contribution in [0.1, 0.15) is 43.9 Å². The second-order valence-electron chi connectivity index (χ2n) is 5.06. The number of rotatable bonds is 8. The zero-order chi connectivity index (χ0) is 14.0. The lowest BCUT2D eigenvalue weighted by Crippen LogP contribution is -1.97. The summed E-state index contributed by atoms with van der Waals surface area (Å²) in [6.07, 6.45) is 8.20. The molecule has 0 saturated carbocycles. The normalized spacial score (nSPS) is 10.4. The monoisotopic (exact) mass is 269 g/mol. The highest BCUT2D eigenvalue weighted by Gasteiger charge is 1.98. The molecule has 1 aromatic heterocycles. The van der Waals surface area contributed by atoms with Gasteiger partial charge in [0.15, 0.2) is 0 Å². The van der Waals surface area contributed by atoms with Crippen molar-refractivity contribution in [3.05, 3.63) is 59.9 Å². The van der Waals surface area contributed by atoms with E-state index in [0.717, 1.165) is 11.4 Å². The van der Waals surface area contributed by atoms with Gasteiger partial charge < -0.3 is 4.74 Å². The first-order valence-electron chi connectivity index (χ1n) is 7.50. The first kappa shape index (κ1) is 14.6. The summed E-state index contributed by atoms with van der Waals surface area (Å²) in [6.45, 7) is 2.77. The average Bonchev–Trinajstić information content (AvgIpc) is 2.52. The molecular formula is C18H23NO. The van der Waals surface area contributed by atoms with Crippen molar-refractivity contribution in [1.82, 2.24) is 4.98 Å². The molecule has 0 atom stereocenters. The fourth-order valence-electron chi connectivity index (χ4n) is 2.15. The maximum atomic E-state index is 5.73. The number of hydrogen-bond acceptors (Lipinski definition) is 2. The Morgan fingerprint density at radius 2 is 1.80 bits per heavy atom. The number of benzene rings is 1. The molecule has 2 aromatic rings. The topological polar surface area (TPSA) is 22.1 Å². The summed E-state index contributed by atoms with van der Waals surface area (Å²) in [5.74, 6) is 0.910. The van der Waals surface area contributed by atoms with Crippen LogP contribution in [0.15, 0.2) is 48.7 Å². The third-order valence-corrected chi connectivity index (χ3v) is 3.36. The lowest BCUT2D eigenvalue weighted by molar-refractivity contribution is 0.301. The summed E-state index contributed by atoms with van der Waals surface area (Å²) < 4.78 is 5.73. The highest BCUT2D eigenvalue weighted by atomic mass is 16.5. The number of nitrogens with zero attached hydrogens (tertiary/aromatic N) is 1. The molecule has 0 spiro atoms. The molecule has 0 N–H and O–H groups in total. The predicted molar refractivity (Wildman–Crippen MR) is 82.9 cm³/mol. The Morgan fingerprint density at radius 3 is 2.50 bits per heavy atom. The number of ether oxygens (including phenoxy) is 1. The van der Waals surface area contributed by atoms with Gasteiger partial charge in [-0.1, -0.05) is 44.4 Å². The fraction of sp³-hybridized carbons (Fsp3) is 0.389. The summed E-state index contributed by atoms with van der Waals surface area (Å²) >= 11 is 0. The third kappa shape index (κ3) is 5.04. The van der Waals surface area contributed by atoms with Crippen molar-refractivity contribution in [2.45, 2.75) is 45.6 Å². The Kier molecular flexibility index (Phi) is 6.09. The molecule has 0 fully saturated rings. The van der Waals surface area contributed by atoms with Gasteiger partial charge in [0.25, 0.3) is 0 Å². The lowest BCUT2D eigenvalue weighted by atomic mass is 10.1. The molecule has 2 rings (SSSR count). The number of aromatic nitrogens is 1. The molecule has 0 aliphatic heterocycles. The van der Waals surface area contributed by atoms with Crippen LogP contribution in [0.25, 0.3) is 0 Å². The summed E-state index contributed by atoms with van der Waals surface area (Å²) in [6, 6.07) is 14.3. The van der Waals surface area contributed by atoms with Gasteiger partial charge in [0.05, 0.1) is 5.69 Å². The molecule has 0 saturated heterocycles. The zero-order valence-electron chi connectivity index (χ0n) is 12.2. The van der Waals surface area contributed by atoms with Crippen LogP contribution in [0.3, 0.4) is 0 Å². The van der Waals surface area contributed by atoms with Gasteiger partial charge in [-0.3, -0.25) is 4.98 Å². The second-order valence-corrected chi connectivity index (χ2v) is 5.06. The van der Waals surface area contributed by atoms with Crippen LogP contribution in [-0.4, -0.2) is 4.98 Å². The Hall–Kier alpha value is -1.83. The van der Waals surface area contributed by atoms with E-state index < -0.39 is 0 Å². The maximum Gasteiger partial charge on any atom is 0.130 e. The van der Waals surface area contributed by atoms with E-state index >= 15 is 0 Å². The Balaban J connectivity index is 1.76. The molecule has 1 aromatic carbocycles. The minimum Gasteiger partial charge on any atom is -0.487 e. The molecule has 20 heavy (non-hydrogen) atoms. The van der Waals surface area contributed by atoms with E-state index in [2.05, 4.69) is 36.2 Å². The van der Waals surface area contributed by atoms with Gasteiger partial charge in [-0.2, -0.15) is 0 Å². The first-order chi connectivity index (χ1) is 9.88. The van der Waals surface area contributed by atoms with Gasteiger partial charge in [0, 0.05) is 6.20 Å². The van der Waals surface area contributed by atoms with Gasteiger partial charge in [0.1, 0.15) is 12.4 Å². The highest BCUT2D eigenvalue weighted by molar-refractivity contribution is 5.27. The lowest BCUT2D eigenvalue weighted by Gasteiger charge is -2.07. The van der Waals surface area contributed by atoms with Crippen molar-refractivity contribution in [2.75, 3.05) is 0 Å². The van der Waals surface area contributed by atoms with E-state index in [1.54, 1.807) is 6.20 Å². The second kappa shape index (κ2) is 8.36. The number of hydrogen-bond donors (Lipinski definition) is 0. The van der Waals surface area contributed by atoms with E-state index in [1.807, 2.05) is 18.2 Å². The van der Waals surface area contributed by atoms with Gasteiger partial charge >= 0.3 is 0 Å². The Bertz CT molecular complexity index is 479. The third-order valence-electron chi connectivity index (χ3n) is 3.36. The van der Waals surface area contributed by atoms with Gasteiger partial charge in [-0.25, -0.2) is 0 Å². The van der Waals surface area contributed by atoms with Crippen LogP contribution in [0.2, 0.25) is 0 Å². The van der Waals surface area contributed by atoms with Crippen LogP contribution in [0.5, 0.6) is 5.75 Å². The van der Waals surface area contributed by atoms with Crippen LogP contribution < -0.4 is 4.74 Å². The van der Waals surface area contributed by atoms with Gasteiger partial charge in [-0.05, 0) is 42.7 Å². The summed E-state index contributed by atoms with van der Waals surface area (Å²) in [4.78, 5) is 4.24. The van der Waals surface area contributed by atoms with Gasteiger partial charge in [-0.15, -0.1) is 0 Å². The van der Waals surface area contributed by atoms with Crippen molar-refractivity contribution < 1.29 is 4.74 Å². The molecule has 106 valence electrons. The summed E-state index contributed by atoms with van der Waals surface area (Å²) in [7, 11) is 0. The molecule has 0 aliphatic rings. The number of unbranched alkanes of at least 4 members (excludes halogenated alkanes) is 3. The maximum absolute atomic E-state index is 5.73. The smallest absolute Gasteiger partial charge is 0.130 e. The molecule has 0 amide bonds. The van der Waals surface area contributed by atoms with Crippen molar-refractivity contribution in [3.8, 4) is 5.75 Å². The molecule has 0 bridgehead atoms. The van der Waals surface area contributed by atoms with E-state index in [1.165, 1.54) is 37.7 Å². The van der Waals surface area contributed by atoms with Crippen molar-refractivity contribution >= 4 is 0 Å². The van der Waals surface area contributed by atoms with E-state index in [-0.39, 0.29) is 0 Å². The van der Waals surface area contributed by atoms with E-state index in [9.17, 15) is 0 Å². The van der Waals surface area contributed by atoms with Crippen LogP contribution in [-0.2, 0) is 13.0 Å². The van der Waals surface area contributed by atoms with Crippen molar-refractivity contribution in [2.24, 2.45) is 0 Å². The first-order valence-corrected chi connectivity index (χ1v) is 7.50. The molecule has 0 radical (unpaired) electrons. The summed E-state index contributed by atoms with van der Waals surface area (Å²) in [5, 5.41) is 0. The quantitative estimate of drug-likeness (QED) is 0.643. The van der Waals surface area contributed by atoms with E-state index in [4.69, 9.17) is 4.74 Å².